The van der Waals surface area contributed by atoms with Crippen molar-refractivity contribution in [3.8, 4) is 0 Å². The molecule has 2 rings (SSSR count). The molecule has 0 fully saturated rings. The minimum absolute atomic E-state index is 0.196. The first-order valence-electron chi connectivity index (χ1n) is 5.22. The first kappa shape index (κ1) is 13.1. The number of aromatic nitrogens is 2. The molecule has 2 aromatic rings. The standard InChI is InChI=1S/C11H10F3N5/c1-16-5-19-9(15)8-6-2-3-17-10(6)18-4-7(8)11(12,13)14/h2-5H,1H3,(H,17,18)(H2,15,16,19). The highest BCUT2D eigenvalue weighted by atomic mass is 19.4. The van der Waals surface area contributed by atoms with Crippen molar-refractivity contribution >= 4 is 23.2 Å². The Morgan fingerprint density at radius 3 is 2.84 bits per heavy atom. The van der Waals surface area contributed by atoms with Crippen molar-refractivity contribution in [2.75, 3.05) is 7.05 Å². The maximum Gasteiger partial charge on any atom is 0.418 e. The van der Waals surface area contributed by atoms with Gasteiger partial charge in [-0.25, -0.2) is 9.98 Å². The van der Waals surface area contributed by atoms with Gasteiger partial charge in [-0.1, -0.05) is 0 Å². The number of alkyl halides is 3. The minimum Gasteiger partial charge on any atom is -0.383 e. The molecular weight excluding hydrogens is 259 g/mol. The van der Waals surface area contributed by atoms with E-state index in [1.807, 2.05) is 0 Å². The Labute approximate surface area is 106 Å². The number of halogens is 3. The number of fused-ring (bicyclic) bond motifs is 1. The fraction of sp³-hybridized carbons (Fsp3) is 0.182. The fourth-order valence-corrected chi connectivity index (χ4v) is 1.68. The van der Waals surface area contributed by atoms with Gasteiger partial charge < -0.3 is 10.7 Å². The highest BCUT2D eigenvalue weighted by Crippen LogP contribution is 2.34. The van der Waals surface area contributed by atoms with Crippen LogP contribution in [0, 0.1) is 0 Å². The van der Waals surface area contributed by atoms with Crippen molar-refractivity contribution in [2.45, 2.75) is 6.18 Å². The molecule has 2 aromatic heterocycles. The van der Waals surface area contributed by atoms with Gasteiger partial charge >= 0.3 is 6.18 Å². The lowest BCUT2D eigenvalue weighted by atomic mass is 10.1. The molecule has 0 spiro atoms. The van der Waals surface area contributed by atoms with E-state index in [-0.39, 0.29) is 16.8 Å². The zero-order chi connectivity index (χ0) is 14.0. The highest BCUT2D eigenvalue weighted by Gasteiger charge is 2.35. The summed E-state index contributed by atoms with van der Waals surface area (Å²) in [5.74, 6) is -0.259. The van der Waals surface area contributed by atoms with Crippen LogP contribution in [0.25, 0.3) is 11.0 Å². The van der Waals surface area contributed by atoms with Crippen molar-refractivity contribution in [2.24, 2.45) is 15.7 Å². The maximum atomic E-state index is 13.0. The summed E-state index contributed by atoms with van der Waals surface area (Å²) >= 11 is 0. The van der Waals surface area contributed by atoms with Gasteiger partial charge in [-0.2, -0.15) is 13.2 Å². The van der Waals surface area contributed by atoms with Crippen LogP contribution in [0.5, 0.6) is 0 Å². The summed E-state index contributed by atoms with van der Waals surface area (Å²) in [6, 6.07) is 1.47. The number of pyridine rings is 1. The number of nitrogens with one attached hydrogen (secondary N) is 1. The minimum atomic E-state index is -4.56. The molecule has 0 saturated heterocycles. The highest BCUT2D eigenvalue weighted by molar-refractivity contribution is 6.11. The fourth-order valence-electron chi connectivity index (χ4n) is 1.68. The van der Waals surface area contributed by atoms with Crippen LogP contribution >= 0.6 is 0 Å². The van der Waals surface area contributed by atoms with E-state index < -0.39 is 11.7 Å². The van der Waals surface area contributed by atoms with Gasteiger partial charge in [0.05, 0.1) is 5.56 Å². The van der Waals surface area contributed by atoms with Gasteiger partial charge in [-0.05, 0) is 6.07 Å². The molecule has 8 heteroatoms. The van der Waals surface area contributed by atoms with E-state index in [0.717, 1.165) is 12.5 Å². The summed E-state index contributed by atoms with van der Waals surface area (Å²) in [7, 11) is 1.44. The summed E-state index contributed by atoms with van der Waals surface area (Å²) < 4.78 is 38.9. The summed E-state index contributed by atoms with van der Waals surface area (Å²) in [5, 5.41) is 0.264. The monoisotopic (exact) mass is 269 g/mol. The van der Waals surface area contributed by atoms with Crippen LogP contribution in [0.3, 0.4) is 0 Å². The molecule has 0 aliphatic heterocycles. The zero-order valence-corrected chi connectivity index (χ0v) is 9.86. The summed E-state index contributed by atoms with van der Waals surface area (Å²) in [4.78, 5) is 13.7. The first-order valence-corrected chi connectivity index (χ1v) is 5.22. The number of rotatable bonds is 2. The molecule has 0 aliphatic carbocycles. The number of amidine groups is 1. The van der Waals surface area contributed by atoms with E-state index in [2.05, 4.69) is 20.0 Å². The van der Waals surface area contributed by atoms with E-state index in [1.54, 1.807) is 0 Å². The summed E-state index contributed by atoms with van der Waals surface area (Å²) in [6.07, 6.45) is -1.24. The molecule has 19 heavy (non-hydrogen) atoms. The van der Waals surface area contributed by atoms with Crippen LogP contribution in [0.15, 0.2) is 28.4 Å². The second kappa shape index (κ2) is 4.71. The van der Waals surface area contributed by atoms with Crippen LogP contribution in [0.2, 0.25) is 0 Å². The lowest BCUT2D eigenvalue weighted by Gasteiger charge is -2.12. The third-order valence-corrected chi connectivity index (χ3v) is 2.46. The van der Waals surface area contributed by atoms with Gasteiger partial charge in [-0.3, -0.25) is 4.99 Å². The summed E-state index contributed by atoms with van der Waals surface area (Å²) in [5.41, 5.74) is 4.81. The van der Waals surface area contributed by atoms with Crippen LogP contribution in [-0.2, 0) is 6.18 Å². The molecule has 0 aromatic carbocycles. The smallest absolute Gasteiger partial charge is 0.383 e. The lowest BCUT2D eigenvalue weighted by Crippen LogP contribution is -2.21. The molecule has 0 unspecified atom stereocenters. The third-order valence-electron chi connectivity index (χ3n) is 2.46. The summed E-state index contributed by atoms with van der Waals surface area (Å²) in [6.45, 7) is 0. The number of nitrogens with zero attached hydrogens (tertiary/aromatic N) is 3. The largest absolute Gasteiger partial charge is 0.418 e. The molecule has 100 valence electrons. The van der Waals surface area contributed by atoms with Crippen molar-refractivity contribution < 1.29 is 13.2 Å². The number of H-pyrrole nitrogens is 1. The lowest BCUT2D eigenvalue weighted by molar-refractivity contribution is -0.137. The average Bonchev–Trinajstić information content (AvgIpc) is 2.81. The Morgan fingerprint density at radius 2 is 2.21 bits per heavy atom. The zero-order valence-electron chi connectivity index (χ0n) is 9.86. The van der Waals surface area contributed by atoms with Crippen LogP contribution < -0.4 is 5.73 Å². The van der Waals surface area contributed by atoms with Gasteiger partial charge in [0.1, 0.15) is 17.8 Å². The van der Waals surface area contributed by atoms with Crippen molar-refractivity contribution in [1.29, 1.82) is 0 Å². The number of hydrogen-bond acceptors (Lipinski definition) is 2. The van der Waals surface area contributed by atoms with E-state index >= 15 is 0 Å². The van der Waals surface area contributed by atoms with Crippen LogP contribution in [-0.4, -0.2) is 29.2 Å². The van der Waals surface area contributed by atoms with Crippen molar-refractivity contribution in [1.82, 2.24) is 9.97 Å². The second-order valence-corrected chi connectivity index (χ2v) is 3.67. The molecule has 5 nitrogen and oxygen atoms in total. The molecule has 0 bridgehead atoms. The molecular formula is C11H10F3N5. The molecule has 3 N–H and O–H groups in total. The quantitative estimate of drug-likeness (QED) is 0.645. The Bertz CT molecular complexity index is 654. The molecule has 2 heterocycles. The van der Waals surface area contributed by atoms with E-state index in [1.165, 1.54) is 19.3 Å². The van der Waals surface area contributed by atoms with E-state index in [0.29, 0.717) is 5.65 Å². The predicted molar refractivity (Wildman–Crippen MR) is 66.2 cm³/mol. The van der Waals surface area contributed by atoms with Crippen molar-refractivity contribution in [3.05, 3.63) is 29.6 Å². The molecule has 0 saturated carbocycles. The SMILES string of the molecule is CN=CN=C(N)c1c(C(F)(F)F)cnc2[nH]ccc12. The van der Waals surface area contributed by atoms with Gasteiger partial charge in [0, 0.05) is 30.4 Å². The third kappa shape index (κ3) is 2.42. The molecule has 0 aliphatic rings. The van der Waals surface area contributed by atoms with E-state index in [4.69, 9.17) is 5.73 Å². The molecule has 0 amide bonds. The Morgan fingerprint density at radius 1 is 1.47 bits per heavy atom. The Balaban J connectivity index is 2.76. The number of hydrogen-bond donors (Lipinski definition) is 2. The van der Waals surface area contributed by atoms with Gasteiger partial charge in [0.15, 0.2) is 0 Å². The second-order valence-electron chi connectivity index (χ2n) is 3.67. The topological polar surface area (TPSA) is 79.4 Å². The Kier molecular flexibility index (Phi) is 3.24. The average molecular weight is 269 g/mol. The number of aliphatic imine (C=N–C) groups is 2. The van der Waals surface area contributed by atoms with Gasteiger partial charge in [0.2, 0.25) is 0 Å². The number of aromatic amines is 1. The number of nitrogens with two attached hydrogens (primary N) is 1. The van der Waals surface area contributed by atoms with Gasteiger partial charge in [0.25, 0.3) is 0 Å². The Hall–Kier alpha value is -2.38. The van der Waals surface area contributed by atoms with Crippen molar-refractivity contribution in [3.63, 3.8) is 0 Å². The van der Waals surface area contributed by atoms with Crippen LogP contribution in [0.1, 0.15) is 11.1 Å². The maximum absolute atomic E-state index is 13.0. The van der Waals surface area contributed by atoms with Gasteiger partial charge in [-0.15, -0.1) is 0 Å². The molecule has 0 radical (unpaired) electrons. The predicted octanol–water partition coefficient (Wildman–Crippen LogP) is 1.95. The van der Waals surface area contributed by atoms with E-state index in [9.17, 15) is 13.2 Å². The molecule has 0 atom stereocenters. The van der Waals surface area contributed by atoms with Crippen LogP contribution in [0.4, 0.5) is 13.2 Å². The first-order chi connectivity index (χ1) is 8.95. The normalized spacial score (nSPS) is 13.6.